The summed E-state index contributed by atoms with van der Waals surface area (Å²) in [5, 5.41) is 11.5. The largest absolute Gasteiger partial charge is 0.481 e. The van der Waals surface area contributed by atoms with Crippen LogP contribution in [0.15, 0.2) is 0 Å². The first-order valence-corrected chi connectivity index (χ1v) is 6.39. The van der Waals surface area contributed by atoms with Gasteiger partial charge in [-0.15, -0.1) is 0 Å². The van der Waals surface area contributed by atoms with Gasteiger partial charge in [-0.1, -0.05) is 0 Å². The Labute approximate surface area is 112 Å². The molecule has 2 unspecified atom stereocenters. The molecule has 108 valence electrons. The molecule has 19 heavy (non-hydrogen) atoms. The highest BCUT2D eigenvalue weighted by Gasteiger charge is 2.38. The van der Waals surface area contributed by atoms with Crippen molar-refractivity contribution in [3.63, 3.8) is 0 Å². The lowest BCUT2D eigenvalue weighted by Gasteiger charge is -2.24. The summed E-state index contributed by atoms with van der Waals surface area (Å²) in [6.45, 7) is 4.48. The summed E-state index contributed by atoms with van der Waals surface area (Å²) in [5.41, 5.74) is 0. The van der Waals surface area contributed by atoms with E-state index in [9.17, 15) is 14.4 Å². The van der Waals surface area contributed by atoms with E-state index < -0.39 is 11.9 Å². The number of rotatable bonds is 4. The van der Waals surface area contributed by atoms with Crippen LogP contribution in [0.3, 0.4) is 0 Å². The van der Waals surface area contributed by atoms with Crippen molar-refractivity contribution in [1.82, 2.24) is 15.1 Å². The van der Waals surface area contributed by atoms with E-state index in [1.165, 1.54) is 9.80 Å². The van der Waals surface area contributed by atoms with Gasteiger partial charge in [0.15, 0.2) is 0 Å². The van der Waals surface area contributed by atoms with E-state index >= 15 is 0 Å². The van der Waals surface area contributed by atoms with Crippen LogP contribution in [-0.2, 0) is 9.59 Å². The number of carboxylic acid groups (broad SMARTS) is 1. The predicted molar refractivity (Wildman–Crippen MR) is 68.6 cm³/mol. The van der Waals surface area contributed by atoms with Crippen LogP contribution in [0.4, 0.5) is 4.79 Å². The Hall–Kier alpha value is -1.79. The third-order valence-corrected chi connectivity index (χ3v) is 3.62. The number of likely N-dealkylation sites (tertiary alicyclic amines) is 1. The Morgan fingerprint density at radius 3 is 2.53 bits per heavy atom. The summed E-state index contributed by atoms with van der Waals surface area (Å²) < 4.78 is 0. The lowest BCUT2D eigenvalue weighted by Crippen LogP contribution is -2.47. The first-order chi connectivity index (χ1) is 8.88. The molecule has 1 aliphatic heterocycles. The van der Waals surface area contributed by atoms with Gasteiger partial charge in [0.1, 0.15) is 0 Å². The number of carboxylic acids is 1. The second-order valence-corrected chi connectivity index (χ2v) is 4.73. The summed E-state index contributed by atoms with van der Waals surface area (Å²) in [7, 11) is 1.66. The third kappa shape index (κ3) is 3.59. The normalized spacial score (nSPS) is 22.2. The molecule has 0 aliphatic carbocycles. The monoisotopic (exact) mass is 271 g/mol. The maximum Gasteiger partial charge on any atom is 0.318 e. The molecule has 7 nitrogen and oxygen atoms in total. The number of urea groups is 1. The number of amides is 3. The van der Waals surface area contributed by atoms with Gasteiger partial charge in [0.25, 0.3) is 0 Å². The third-order valence-electron chi connectivity index (χ3n) is 3.62. The maximum atomic E-state index is 11.9. The van der Waals surface area contributed by atoms with Crippen molar-refractivity contribution in [3.8, 4) is 0 Å². The van der Waals surface area contributed by atoms with Crippen LogP contribution in [0.5, 0.6) is 0 Å². The van der Waals surface area contributed by atoms with Crippen molar-refractivity contribution in [2.75, 3.05) is 26.7 Å². The van der Waals surface area contributed by atoms with Crippen molar-refractivity contribution >= 4 is 17.9 Å². The number of hydrogen-bond donors (Lipinski definition) is 2. The fourth-order valence-corrected chi connectivity index (χ4v) is 2.12. The van der Waals surface area contributed by atoms with Crippen LogP contribution in [0.2, 0.25) is 0 Å². The molecule has 0 aromatic carbocycles. The molecular formula is C12H21N3O4. The van der Waals surface area contributed by atoms with Crippen molar-refractivity contribution in [2.24, 2.45) is 5.92 Å². The predicted octanol–water partition coefficient (Wildman–Crippen LogP) is -0.0307. The van der Waals surface area contributed by atoms with E-state index in [1.54, 1.807) is 14.0 Å². The average Bonchev–Trinajstić information content (AvgIpc) is 2.76. The molecule has 7 heteroatoms. The summed E-state index contributed by atoms with van der Waals surface area (Å²) in [4.78, 5) is 37.4. The minimum absolute atomic E-state index is 0.0653. The highest BCUT2D eigenvalue weighted by molar-refractivity contribution is 5.84. The van der Waals surface area contributed by atoms with E-state index in [2.05, 4.69) is 5.32 Å². The van der Waals surface area contributed by atoms with Gasteiger partial charge in [0, 0.05) is 26.2 Å². The number of likely N-dealkylation sites (N-methyl/N-ethyl adjacent to an activating group) is 1. The van der Waals surface area contributed by atoms with Crippen molar-refractivity contribution in [3.05, 3.63) is 0 Å². The molecule has 2 atom stereocenters. The second kappa shape index (κ2) is 6.40. The van der Waals surface area contributed by atoms with Crippen LogP contribution < -0.4 is 5.32 Å². The smallest absolute Gasteiger partial charge is 0.318 e. The SMILES string of the molecule is CCN(C)C(=O)CNC(=O)N1CCC(C(=O)O)C1C. The Morgan fingerprint density at radius 2 is 2.05 bits per heavy atom. The van der Waals surface area contributed by atoms with Crippen molar-refractivity contribution < 1.29 is 19.5 Å². The molecule has 1 heterocycles. The van der Waals surface area contributed by atoms with Gasteiger partial charge < -0.3 is 20.2 Å². The number of nitrogens with zero attached hydrogens (tertiary/aromatic N) is 2. The maximum absolute atomic E-state index is 11.9. The average molecular weight is 271 g/mol. The standard InChI is InChI=1S/C12H21N3O4/c1-4-14(3)10(16)7-13-12(19)15-6-5-9(8(15)2)11(17)18/h8-9H,4-7H2,1-3H3,(H,13,19)(H,17,18). The molecule has 0 aromatic heterocycles. The zero-order chi connectivity index (χ0) is 14.6. The zero-order valence-electron chi connectivity index (χ0n) is 11.5. The summed E-state index contributed by atoms with van der Waals surface area (Å²) in [6, 6.07) is -0.731. The minimum Gasteiger partial charge on any atom is -0.481 e. The van der Waals surface area contributed by atoms with Gasteiger partial charge >= 0.3 is 12.0 Å². The van der Waals surface area contributed by atoms with E-state index in [0.29, 0.717) is 19.5 Å². The van der Waals surface area contributed by atoms with Gasteiger partial charge in [-0.2, -0.15) is 0 Å². The topological polar surface area (TPSA) is 90.0 Å². The number of carbonyl (C=O) groups excluding carboxylic acids is 2. The number of aliphatic carboxylic acids is 1. The molecule has 1 aliphatic rings. The summed E-state index contributed by atoms with van der Waals surface area (Å²) >= 11 is 0. The van der Waals surface area contributed by atoms with E-state index in [1.807, 2.05) is 6.92 Å². The van der Waals surface area contributed by atoms with Gasteiger partial charge in [-0.3, -0.25) is 9.59 Å². The minimum atomic E-state index is -0.885. The lowest BCUT2D eigenvalue weighted by molar-refractivity contribution is -0.142. The first-order valence-electron chi connectivity index (χ1n) is 6.39. The molecule has 0 radical (unpaired) electrons. The molecule has 1 fully saturated rings. The van der Waals surface area contributed by atoms with Crippen LogP contribution in [0.1, 0.15) is 20.3 Å². The quantitative estimate of drug-likeness (QED) is 0.751. The van der Waals surface area contributed by atoms with Gasteiger partial charge in [0.05, 0.1) is 12.5 Å². The molecule has 2 N–H and O–H groups in total. The van der Waals surface area contributed by atoms with Crippen LogP contribution in [-0.4, -0.2) is 65.5 Å². The highest BCUT2D eigenvalue weighted by Crippen LogP contribution is 2.24. The highest BCUT2D eigenvalue weighted by atomic mass is 16.4. The summed E-state index contributed by atoms with van der Waals surface area (Å²) in [6.07, 6.45) is 0.451. The van der Waals surface area contributed by atoms with Crippen molar-refractivity contribution in [2.45, 2.75) is 26.3 Å². The van der Waals surface area contributed by atoms with Gasteiger partial charge in [-0.25, -0.2) is 4.79 Å². The molecule has 0 bridgehead atoms. The zero-order valence-corrected chi connectivity index (χ0v) is 11.5. The Balaban J connectivity index is 2.47. The molecular weight excluding hydrogens is 250 g/mol. The fraction of sp³-hybridized carbons (Fsp3) is 0.750. The lowest BCUT2D eigenvalue weighted by atomic mass is 10.0. The van der Waals surface area contributed by atoms with E-state index in [4.69, 9.17) is 5.11 Å². The molecule has 0 saturated carbocycles. The van der Waals surface area contributed by atoms with E-state index in [-0.39, 0.29) is 24.5 Å². The van der Waals surface area contributed by atoms with Crippen LogP contribution in [0, 0.1) is 5.92 Å². The van der Waals surface area contributed by atoms with Gasteiger partial charge in [-0.05, 0) is 20.3 Å². The molecule has 3 amide bonds. The van der Waals surface area contributed by atoms with Gasteiger partial charge in [0.2, 0.25) is 5.91 Å². The van der Waals surface area contributed by atoms with Crippen molar-refractivity contribution in [1.29, 1.82) is 0 Å². The number of hydrogen-bond acceptors (Lipinski definition) is 3. The number of carbonyl (C=O) groups is 3. The van der Waals surface area contributed by atoms with Crippen LogP contribution >= 0.6 is 0 Å². The Bertz CT molecular complexity index is 372. The molecule has 1 rings (SSSR count). The Kier molecular flexibility index (Phi) is 5.14. The fourth-order valence-electron chi connectivity index (χ4n) is 2.12. The Morgan fingerprint density at radius 1 is 1.42 bits per heavy atom. The molecule has 0 spiro atoms. The number of nitrogens with one attached hydrogen (secondary N) is 1. The molecule has 0 aromatic rings. The second-order valence-electron chi connectivity index (χ2n) is 4.73. The summed E-state index contributed by atoms with van der Waals surface area (Å²) in [5.74, 6) is -1.58. The van der Waals surface area contributed by atoms with E-state index in [0.717, 1.165) is 0 Å². The molecule has 1 saturated heterocycles. The first kappa shape index (κ1) is 15.3. The van der Waals surface area contributed by atoms with Crippen LogP contribution in [0.25, 0.3) is 0 Å².